The molecule has 0 unspecified atom stereocenters. The molecule has 4 nitrogen and oxygen atoms in total. The Morgan fingerprint density at radius 1 is 1.35 bits per heavy atom. The number of benzene rings is 1. The summed E-state index contributed by atoms with van der Waals surface area (Å²) in [5.41, 5.74) is 0. The van der Waals surface area contributed by atoms with Crippen LogP contribution in [0.2, 0.25) is 0 Å². The van der Waals surface area contributed by atoms with E-state index in [1.165, 1.54) is 6.07 Å². The molecule has 20 heavy (non-hydrogen) atoms. The lowest BCUT2D eigenvalue weighted by Gasteiger charge is -2.09. The second kappa shape index (κ2) is 8.75. The molecule has 0 heterocycles. The van der Waals surface area contributed by atoms with Crippen LogP contribution in [-0.4, -0.2) is 32.2 Å². The van der Waals surface area contributed by atoms with E-state index in [0.29, 0.717) is 25.6 Å². The Labute approximate surface area is 117 Å². The van der Waals surface area contributed by atoms with Gasteiger partial charge in [-0.1, -0.05) is 5.92 Å². The van der Waals surface area contributed by atoms with Gasteiger partial charge in [0.05, 0.1) is 13.1 Å². The first-order chi connectivity index (χ1) is 9.67. The highest BCUT2D eigenvalue weighted by Crippen LogP contribution is 2.14. The topological polar surface area (TPSA) is 45.7 Å². The Hall–Kier alpha value is -2.29. The SMILES string of the molecule is C#CCNC(=NCCOc1ccc(F)c(F)c1)NCC. The number of rotatable bonds is 6. The van der Waals surface area contributed by atoms with Crippen molar-refractivity contribution in [3.8, 4) is 18.1 Å². The van der Waals surface area contributed by atoms with Gasteiger partial charge in [-0.2, -0.15) is 0 Å². The van der Waals surface area contributed by atoms with Crippen molar-refractivity contribution in [2.45, 2.75) is 6.92 Å². The number of hydrogen-bond acceptors (Lipinski definition) is 2. The van der Waals surface area contributed by atoms with Crippen molar-refractivity contribution in [2.75, 3.05) is 26.2 Å². The van der Waals surface area contributed by atoms with Gasteiger partial charge in [-0.25, -0.2) is 13.8 Å². The Morgan fingerprint density at radius 3 is 2.80 bits per heavy atom. The van der Waals surface area contributed by atoms with Crippen molar-refractivity contribution in [1.82, 2.24) is 10.6 Å². The van der Waals surface area contributed by atoms with E-state index in [0.717, 1.165) is 12.1 Å². The van der Waals surface area contributed by atoms with Crippen LogP contribution in [-0.2, 0) is 0 Å². The fourth-order valence-corrected chi connectivity index (χ4v) is 1.36. The van der Waals surface area contributed by atoms with Crippen LogP contribution in [0.25, 0.3) is 0 Å². The van der Waals surface area contributed by atoms with Gasteiger partial charge in [0.25, 0.3) is 0 Å². The molecule has 0 amide bonds. The normalized spacial score (nSPS) is 10.8. The van der Waals surface area contributed by atoms with E-state index in [9.17, 15) is 8.78 Å². The molecule has 0 aliphatic rings. The highest BCUT2D eigenvalue weighted by Gasteiger charge is 2.02. The van der Waals surface area contributed by atoms with Crippen molar-refractivity contribution < 1.29 is 13.5 Å². The van der Waals surface area contributed by atoms with Crippen LogP contribution in [0, 0.1) is 24.0 Å². The molecular weight excluding hydrogens is 264 g/mol. The Kier molecular flexibility index (Phi) is 6.90. The lowest BCUT2D eigenvalue weighted by molar-refractivity contribution is 0.325. The summed E-state index contributed by atoms with van der Waals surface area (Å²) in [6.45, 7) is 3.62. The minimum absolute atomic E-state index is 0.248. The zero-order valence-corrected chi connectivity index (χ0v) is 11.2. The van der Waals surface area contributed by atoms with Crippen LogP contribution in [0.3, 0.4) is 0 Å². The quantitative estimate of drug-likeness (QED) is 0.360. The third kappa shape index (κ3) is 5.57. The molecule has 0 aromatic heterocycles. The second-order valence-electron chi connectivity index (χ2n) is 3.74. The van der Waals surface area contributed by atoms with Gasteiger partial charge in [-0.05, 0) is 19.1 Å². The molecular formula is C14H17F2N3O. The van der Waals surface area contributed by atoms with Gasteiger partial charge in [0.15, 0.2) is 17.6 Å². The maximum Gasteiger partial charge on any atom is 0.192 e. The molecule has 2 N–H and O–H groups in total. The summed E-state index contributed by atoms with van der Waals surface area (Å²) in [5, 5.41) is 5.93. The summed E-state index contributed by atoms with van der Waals surface area (Å²) in [6, 6.07) is 3.39. The van der Waals surface area contributed by atoms with Crippen LogP contribution in [0.5, 0.6) is 5.75 Å². The zero-order chi connectivity index (χ0) is 14.8. The van der Waals surface area contributed by atoms with E-state index >= 15 is 0 Å². The molecule has 0 saturated carbocycles. The fraction of sp³-hybridized carbons (Fsp3) is 0.357. The van der Waals surface area contributed by atoms with Gasteiger partial charge in [-0.3, -0.25) is 0 Å². The van der Waals surface area contributed by atoms with Crippen molar-refractivity contribution in [3.05, 3.63) is 29.8 Å². The predicted octanol–water partition coefficient (Wildman–Crippen LogP) is 1.53. The Balaban J connectivity index is 2.41. The average molecular weight is 281 g/mol. The standard InChI is InChI=1S/C14H17F2N3O/c1-3-7-18-14(17-4-2)19-8-9-20-11-5-6-12(15)13(16)10-11/h1,5-6,10H,4,7-9H2,2H3,(H2,17,18,19). The molecule has 0 bridgehead atoms. The van der Waals surface area contributed by atoms with Crippen LogP contribution < -0.4 is 15.4 Å². The maximum absolute atomic E-state index is 12.9. The van der Waals surface area contributed by atoms with Crippen LogP contribution in [0.1, 0.15) is 6.92 Å². The van der Waals surface area contributed by atoms with Crippen LogP contribution in [0.4, 0.5) is 8.78 Å². The average Bonchev–Trinajstić information content (AvgIpc) is 2.44. The number of nitrogens with one attached hydrogen (secondary N) is 2. The summed E-state index contributed by atoms with van der Waals surface area (Å²) in [7, 11) is 0. The van der Waals surface area contributed by atoms with Gasteiger partial charge in [0.1, 0.15) is 12.4 Å². The van der Waals surface area contributed by atoms with Crippen LogP contribution in [0.15, 0.2) is 23.2 Å². The Bertz CT molecular complexity index is 498. The minimum atomic E-state index is -0.935. The fourth-order valence-electron chi connectivity index (χ4n) is 1.36. The number of nitrogens with zero attached hydrogens (tertiary/aromatic N) is 1. The zero-order valence-electron chi connectivity index (χ0n) is 11.2. The van der Waals surface area contributed by atoms with Gasteiger partial charge < -0.3 is 15.4 Å². The molecule has 1 rings (SSSR count). The van der Waals surface area contributed by atoms with Crippen molar-refractivity contribution in [1.29, 1.82) is 0 Å². The van der Waals surface area contributed by atoms with Gasteiger partial charge >= 0.3 is 0 Å². The highest BCUT2D eigenvalue weighted by atomic mass is 19.2. The molecule has 1 aromatic carbocycles. The molecule has 0 radical (unpaired) electrons. The number of halogens is 2. The van der Waals surface area contributed by atoms with Crippen molar-refractivity contribution in [2.24, 2.45) is 4.99 Å². The summed E-state index contributed by atoms with van der Waals surface area (Å²) in [6.07, 6.45) is 5.14. The maximum atomic E-state index is 12.9. The lowest BCUT2D eigenvalue weighted by atomic mass is 10.3. The van der Waals surface area contributed by atoms with Crippen molar-refractivity contribution >= 4 is 5.96 Å². The van der Waals surface area contributed by atoms with Crippen molar-refractivity contribution in [3.63, 3.8) is 0 Å². The molecule has 0 aliphatic carbocycles. The third-order valence-corrected chi connectivity index (χ3v) is 2.22. The summed E-state index contributed by atoms with van der Waals surface area (Å²) >= 11 is 0. The van der Waals surface area contributed by atoms with E-state index in [2.05, 4.69) is 21.5 Å². The molecule has 108 valence electrons. The number of ether oxygens (including phenoxy) is 1. The van der Waals surface area contributed by atoms with E-state index in [4.69, 9.17) is 11.2 Å². The first-order valence-electron chi connectivity index (χ1n) is 6.21. The van der Waals surface area contributed by atoms with Gasteiger partial charge in [0, 0.05) is 12.6 Å². The number of guanidine groups is 1. The van der Waals surface area contributed by atoms with E-state index in [1.807, 2.05) is 6.92 Å². The van der Waals surface area contributed by atoms with Crippen LogP contribution >= 0.6 is 0 Å². The van der Waals surface area contributed by atoms with E-state index in [-0.39, 0.29) is 12.4 Å². The number of terminal acetylenes is 1. The predicted molar refractivity (Wildman–Crippen MR) is 74.7 cm³/mol. The molecule has 0 atom stereocenters. The first-order valence-corrected chi connectivity index (χ1v) is 6.21. The van der Waals surface area contributed by atoms with E-state index in [1.54, 1.807) is 0 Å². The molecule has 0 spiro atoms. The largest absolute Gasteiger partial charge is 0.492 e. The number of aliphatic imine (C=N–C) groups is 1. The first kappa shape index (κ1) is 15.8. The summed E-state index contributed by atoms with van der Waals surface area (Å²) < 4.78 is 30.9. The third-order valence-electron chi connectivity index (χ3n) is 2.22. The lowest BCUT2D eigenvalue weighted by Crippen LogP contribution is -2.37. The summed E-state index contributed by atoms with van der Waals surface area (Å²) in [5.74, 6) is 1.46. The highest BCUT2D eigenvalue weighted by molar-refractivity contribution is 5.79. The monoisotopic (exact) mass is 281 g/mol. The number of hydrogen-bond donors (Lipinski definition) is 2. The molecule has 0 fully saturated rings. The Morgan fingerprint density at radius 2 is 2.15 bits per heavy atom. The smallest absolute Gasteiger partial charge is 0.192 e. The molecule has 1 aromatic rings. The summed E-state index contributed by atoms with van der Waals surface area (Å²) in [4.78, 5) is 4.21. The minimum Gasteiger partial charge on any atom is -0.492 e. The molecule has 0 saturated heterocycles. The molecule has 0 aliphatic heterocycles. The van der Waals surface area contributed by atoms with Gasteiger partial charge in [-0.15, -0.1) is 6.42 Å². The molecule has 6 heteroatoms. The van der Waals surface area contributed by atoms with Gasteiger partial charge in [0.2, 0.25) is 0 Å². The van der Waals surface area contributed by atoms with E-state index < -0.39 is 11.6 Å². The second-order valence-corrected chi connectivity index (χ2v) is 3.74.